The van der Waals surface area contributed by atoms with E-state index >= 15 is 0 Å². The number of nitrogens with two attached hydrogens (primary N) is 1. The van der Waals surface area contributed by atoms with Crippen LogP contribution >= 0.6 is 11.6 Å². The van der Waals surface area contributed by atoms with Gasteiger partial charge in [0.25, 0.3) is 0 Å². The van der Waals surface area contributed by atoms with Gasteiger partial charge in [0.2, 0.25) is 5.91 Å². The number of carbonyl (C=O) groups is 1. The van der Waals surface area contributed by atoms with Gasteiger partial charge in [-0.3, -0.25) is 4.79 Å². The minimum atomic E-state index is -3.90. The molecule has 1 aromatic rings. The molecule has 21 heavy (non-hydrogen) atoms. The number of halogens is 1. The highest BCUT2D eigenvalue weighted by Crippen LogP contribution is 2.31. The molecular weight excluding hydrogens is 312 g/mol. The van der Waals surface area contributed by atoms with Gasteiger partial charge in [0.15, 0.2) is 9.84 Å². The summed E-state index contributed by atoms with van der Waals surface area (Å²) >= 11 is 5.96. The summed E-state index contributed by atoms with van der Waals surface area (Å²) in [6.45, 7) is 2.61. The van der Waals surface area contributed by atoms with Crippen LogP contribution < -0.4 is 5.73 Å². The van der Waals surface area contributed by atoms with Crippen LogP contribution in [0, 0.1) is 0 Å². The van der Waals surface area contributed by atoms with Crippen LogP contribution in [0.25, 0.3) is 0 Å². The Morgan fingerprint density at radius 2 is 1.90 bits per heavy atom. The number of carbonyl (C=O) groups excluding carboxylic acids is 1. The van der Waals surface area contributed by atoms with Gasteiger partial charge in [-0.1, -0.05) is 17.7 Å². The predicted octanol–water partition coefficient (Wildman–Crippen LogP) is 2.10. The van der Waals surface area contributed by atoms with E-state index in [0.29, 0.717) is 13.1 Å². The zero-order valence-electron chi connectivity index (χ0n) is 11.9. The van der Waals surface area contributed by atoms with Crippen LogP contribution in [0.4, 0.5) is 5.69 Å². The number of benzene rings is 1. The Bertz CT molecular complexity index is 619. The van der Waals surface area contributed by atoms with Crippen molar-refractivity contribution < 1.29 is 13.2 Å². The van der Waals surface area contributed by atoms with Crippen molar-refractivity contribution in [3.63, 3.8) is 0 Å². The van der Waals surface area contributed by atoms with Gasteiger partial charge in [-0.15, -0.1) is 0 Å². The van der Waals surface area contributed by atoms with E-state index in [4.69, 9.17) is 17.3 Å². The lowest BCUT2D eigenvalue weighted by molar-refractivity contribution is -0.131. The van der Waals surface area contributed by atoms with Crippen molar-refractivity contribution in [1.82, 2.24) is 4.90 Å². The van der Waals surface area contributed by atoms with Crippen molar-refractivity contribution in [3.8, 4) is 0 Å². The molecule has 2 N–H and O–H groups in total. The van der Waals surface area contributed by atoms with E-state index in [1.54, 1.807) is 11.0 Å². The Kier molecular flexibility index (Phi) is 4.78. The molecule has 0 aromatic heterocycles. The third kappa shape index (κ3) is 3.16. The molecule has 1 fully saturated rings. The zero-order valence-corrected chi connectivity index (χ0v) is 13.5. The van der Waals surface area contributed by atoms with Crippen LogP contribution in [0.3, 0.4) is 0 Å². The van der Waals surface area contributed by atoms with Crippen molar-refractivity contribution in [2.45, 2.75) is 36.3 Å². The van der Waals surface area contributed by atoms with Crippen molar-refractivity contribution in [2.24, 2.45) is 0 Å². The first-order valence-electron chi connectivity index (χ1n) is 6.92. The first-order valence-corrected chi connectivity index (χ1v) is 8.85. The maximum Gasteiger partial charge on any atom is 0.241 e. The maximum atomic E-state index is 12.6. The van der Waals surface area contributed by atoms with Gasteiger partial charge < -0.3 is 10.6 Å². The Labute approximate surface area is 130 Å². The van der Waals surface area contributed by atoms with Gasteiger partial charge in [-0.25, -0.2) is 8.42 Å². The molecule has 1 saturated heterocycles. The number of hydrogen-bond donors (Lipinski definition) is 1. The summed E-state index contributed by atoms with van der Waals surface area (Å²) in [7, 11) is -3.90. The smallest absolute Gasteiger partial charge is 0.241 e. The summed E-state index contributed by atoms with van der Waals surface area (Å²) in [6, 6.07) is 4.51. The van der Waals surface area contributed by atoms with Crippen LogP contribution in [0.5, 0.6) is 0 Å². The second kappa shape index (κ2) is 6.23. The summed E-state index contributed by atoms with van der Waals surface area (Å²) in [6.07, 6.45) is 2.89. The third-order valence-corrected chi connectivity index (χ3v) is 6.35. The molecule has 1 aromatic carbocycles. The molecule has 2 rings (SSSR count). The summed E-state index contributed by atoms with van der Waals surface area (Å²) < 4.78 is 25.3. The van der Waals surface area contributed by atoms with Crippen LogP contribution in [0.1, 0.15) is 26.2 Å². The number of anilines is 1. The van der Waals surface area contributed by atoms with Gasteiger partial charge in [0.1, 0.15) is 10.1 Å². The van der Waals surface area contributed by atoms with Crippen LogP contribution in [0.2, 0.25) is 5.02 Å². The standard InChI is InChI=1S/C14H19ClN2O3S/c1-10(14(18)17-8-3-2-4-9-17)21(19,20)13-11(15)6-5-7-12(13)16/h5-7,10H,2-4,8-9,16H2,1H3. The molecule has 0 radical (unpaired) electrons. The SMILES string of the molecule is CC(C(=O)N1CCCCC1)S(=O)(=O)c1c(N)cccc1Cl. The second-order valence-corrected chi connectivity index (χ2v) is 7.84. The molecule has 0 bridgehead atoms. The van der Waals surface area contributed by atoms with E-state index in [0.717, 1.165) is 19.3 Å². The van der Waals surface area contributed by atoms with E-state index < -0.39 is 15.1 Å². The maximum absolute atomic E-state index is 12.6. The number of piperidine rings is 1. The summed E-state index contributed by atoms with van der Waals surface area (Å²) in [5, 5.41) is -1.13. The Balaban J connectivity index is 2.32. The van der Waals surface area contributed by atoms with E-state index in [2.05, 4.69) is 0 Å². The van der Waals surface area contributed by atoms with Crippen molar-refractivity contribution in [3.05, 3.63) is 23.2 Å². The largest absolute Gasteiger partial charge is 0.398 e. The predicted molar refractivity (Wildman–Crippen MR) is 82.9 cm³/mol. The molecule has 0 saturated carbocycles. The molecule has 1 atom stereocenters. The summed E-state index contributed by atoms with van der Waals surface area (Å²) in [5.41, 5.74) is 5.81. The number of nitrogens with zero attached hydrogens (tertiary/aromatic N) is 1. The number of nitrogen functional groups attached to an aromatic ring is 1. The lowest BCUT2D eigenvalue weighted by atomic mass is 10.1. The minimum absolute atomic E-state index is 0.0493. The summed E-state index contributed by atoms with van der Waals surface area (Å²) in [4.78, 5) is 13.9. The molecule has 1 aliphatic heterocycles. The van der Waals surface area contributed by atoms with Crippen molar-refractivity contribution in [1.29, 1.82) is 0 Å². The second-order valence-electron chi connectivity index (χ2n) is 5.23. The molecule has 1 amide bonds. The van der Waals surface area contributed by atoms with Crippen LogP contribution in [-0.4, -0.2) is 37.6 Å². The van der Waals surface area contributed by atoms with Gasteiger partial charge in [-0.05, 0) is 38.3 Å². The quantitative estimate of drug-likeness (QED) is 0.860. The van der Waals surface area contributed by atoms with Gasteiger partial charge in [-0.2, -0.15) is 0 Å². The molecule has 116 valence electrons. The first-order chi connectivity index (χ1) is 9.85. The topological polar surface area (TPSA) is 80.5 Å². The highest BCUT2D eigenvalue weighted by atomic mass is 35.5. The van der Waals surface area contributed by atoms with Crippen molar-refractivity contribution in [2.75, 3.05) is 18.8 Å². The highest BCUT2D eigenvalue weighted by molar-refractivity contribution is 7.93. The number of likely N-dealkylation sites (tertiary alicyclic amines) is 1. The average Bonchev–Trinajstić information content (AvgIpc) is 2.46. The highest BCUT2D eigenvalue weighted by Gasteiger charge is 2.35. The van der Waals surface area contributed by atoms with Gasteiger partial charge >= 0.3 is 0 Å². The van der Waals surface area contributed by atoms with Crippen LogP contribution in [0.15, 0.2) is 23.1 Å². The lowest BCUT2D eigenvalue weighted by Crippen LogP contribution is -2.44. The molecule has 5 nitrogen and oxygen atoms in total. The molecule has 1 aliphatic rings. The van der Waals surface area contributed by atoms with Gasteiger partial charge in [0.05, 0.1) is 10.7 Å². The summed E-state index contributed by atoms with van der Waals surface area (Å²) in [5.74, 6) is -0.381. The molecule has 7 heteroatoms. The number of rotatable bonds is 3. The Hall–Kier alpha value is -1.27. The van der Waals surface area contributed by atoms with E-state index in [9.17, 15) is 13.2 Å². The van der Waals surface area contributed by atoms with E-state index in [1.807, 2.05) is 0 Å². The molecule has 0 spiro atoms. The minimum Gasteiger partial charge on any atom is -0.398 e. The fourth-order valence-electron chi connectivity index (χ4n) is 2.51. The molecular formula is C14H19ClN2O3S. The fourth-order valence-corrected chi connectivity index (χ4v) is 4.52. The van der Waals surface area contributed by atoms with Crippen LogP contribution in [-0.2, 0) is 14.6 Å². The Morgan fingerprint density at radius 1 is 1.29 bits per heavy atom. The van der Waals surface area contributed by atoms with Crippen molar-refractivity contribution >= 4 is 33.0 Å². The average molecular weight is 331 g/mol. The fraction of sp³-hybridized carbons (Fsp3) is 0.500. The number of sulfone groups is 1. The Morgan fingerprint density at radius 3 is 2.48 bits per heavy atom. The lowest BCUT2D eigenvalue weighted by Gasteiger charge is -2.29. The van der Waals surface area contributed by atoms with E-state index in [-0.39, 0.29) is 21.5 Å². The molecule has 1 heterocycles. The monoisotopic (exact) mass is 330 g/mol. The normalized spacial score (nSPS) is 17.5. The van der Waals surface area contributed by atoms with Gasteiger partial charge in [0, 0.05) is 13.1 Å². The zero-order chi connectivity index (χ0) is 15.6. The number of hydrogen-bond acceptors (Lipinski definition) is 4. The first kappa shape index (κ1) is 16.1. The molecule has 1 unspecified atom stereocenters. The van der Waals surface area contributed by atoms with E-state index in [1.165, 1.54) is 19.1 Å². The third-order valence-electron chi connectivity index (χ3n) is 3.76. The molecule has 0 aliphatic carbocycles. The number of amides is 1.